The fourth-order valence-electron chi connectivity index (χ4n) is 2.82. The summed E-state index contributed by atoms with van der Waals surface area (Å²) in [5, 5.41) is 11.2. The summed E-state index contributed by atoms with van der Waals surface area (Å²) < 4.78 is 19.3. The molecule has 7 nitrogen and oxygen atoms in total. The fourth-order valence-corrected chi connectivity index (χ4v) is 2.82. The van der Waals surface area contributed by atoms with Crippen LogP contribution >= 0.6 is 0 Å². The third kappa shape index (κ3) is 3.37. The van der Waals surface area contributed by atoms with Crippen LogP contribution in [0.25, 0.3) is 0 Å². The molecule has 0 unspecified atom stereocenters. The van der Waals surface area contributed by atoms with Gasteiger partial charge >= 0.3 is 0 Å². The van der Waals surface area contributed by atoms with Crippen LogP contribution in [0.15, 0.2) is 36.5 Å². The molecule has 0 bridgehead atoms. The van der Waals surface area contributed by atoms with Gasteiger partial charge in [-0.05, 0) is 37.1 Å². The highest BCUT2D eigenvalue weighted by molar-refractivity contribution is 5.69. The molecule has 0 saturated carbocycles. The number of aromatic nitrogens is 1. The maximum absolute atomic E-state index is 13.7. The molecule has 0 aliphatic carbocycles. The summed E-state index contributed by atoms with van der Waals surface area (Å²) in [4.78, 5) is 16.5. The van der Waals surface area contributed by atoms with Crippen LogP contribution in [0.1, 0.15) is 12.8 Å². The van der Waals surface area contributed by atoms with Crippen molar-refractivity contribution in [2.45, 2.75) is 18.9 Å². The van der Waals surface area contributed by atoms with Gasteiger partial charge in [-0.25, -0.2) is 9.37 Å². The number of hydrogen-bond donors (Lipinski definition) is 1. The van der Waals surface area contributed by atoms with E-state index in [0.29, 0.717) is 24.5 Å². The fraction of sp³-hybridized carbons (Fsp3) is 0.312. The summed E-state index contributed by atoms with van der Waals surface area (Å²) in [6.07, 6.45) is 2.65. The Morgan fingerprint density at radius 1 is 1.42 bits per heavy atom. The monoisotopic (exact) mass is 332 g/mol. The number of nitro benzene ring substituents is 1. The van der Waals surface area contributed by atoms with E-state index in [9.17, 15) is 14.5 Å². The minimum atomic E-state index is -0.524. The highest BCUT2D eigenvalue weighted by Gasteiger charge is 2.27. The van der Waals surface area contributed by atoms with Gasteiger partial charge in [-0.3, -0.25) is 10.1 Å². The maximum Gasteiger partial charge on any atom is 0.292 e. The Labute approximate surface area is 138 Å². The van der Waals surface area contributed by atoms with Crippen LogP contribution in [-0.4, -0.2) is 29.1 Å². The molecule has 8 heteroatoms. The van der Waals surface area contributed by atoms with E-state index in [1.165, 1.54) is 30.5 Å². The highest BCUT2D eigenvalue weighted by atomic mass is 19.1. The van der Waals surface area contributed by atoms with Gasteiger partial charge in [0.15, 0.2) is 5.82 Å². The zero-order valence-corrected chi connectivity index (χ0v) is 12.9. The summed E-state index contributed by atoms with van der Waals surface area (Å²) >= 11 is 0. The van der Waals surface area contributed by atoms with Crippen LogP contribution < -0.4 is 15.4 Å². The number of rotatable bonds is 4. The van der Waals surface area contributed by atoms with Crippen LogP contribution in [0.5, 0.6) is 5.88 Å². The quantitative estimate of drug-likeness (QED) is 0.525. The van der Waals surface area contributed by atoms with Gasteiger partial charge in [0.1, 0.15) is 11.8 Å². The van der Waals surface area contributed by atoms with Crippen LogP contribution in [0.2, 0.25) is 0 Å². The molecule has 0 radical (unpaired) electrons. The number of ether oxygens (including phenoxy) is 1. The van der Waals surface area contributed by atoms with Crippen molar-refractivity contribution in [2.75, 3.05) is 23.7 Å². The molecule has 0 amide bonds. The Kier molecular flexibility index (Phi) is 4.45. The second-order valence-corrected chi connectivity index (χ2v) is 5.62. The van der Waals surface area contributed by atoms with Crippen molar-refractivity contribution in [3.8, 4) is 5.88 Å². The Morgan fingerprint density at radius 2 is 2.25 bits per heavy atom. The molecule has 126 valence electrons. The average molecular weight is 332 g/mol. The van der Waals surface area contributed by atoms with Gasteiger partial charge in [-0.15, -0.1) is 0 Å². The molecule has 1 fully saturated rings. The molecular weight excluding hydrogens is 315 g/mol. The first kappa shape index (κ1) is 16.0. The van der Waals surface area contributed by atoms with E-state index in [2.05, 4.69) is 4.98 Å². The SMILES string of the molecule is Nc1ccc([N+](=O)[O-])c(N2CCC[C@H](Oc3ncccc3F)C2)c1. The number of anilines is 2. The van der Waals surface area contributed by atoms with Crippen LogP contribution in [0.4, 0.5) is 21.5 Å². The van der Waals surface area contributed by atoms with Crippen LogP contribution in [0, 0.1) is 15.9 Å². The molecule has 1 aromatic heterocycles. The summed E-state index contributed by atoms with van der Waals surface area (Å²) in [6, 6.07) is 7.26. The van der Waals surface area contributed by atoms with Gasteiger partial charge in [0, 0.05) is 24.5 Å². The smallest absolute Gasteiger partial charge is 0.292 e. The number of nitro groups is 1. The zero-order chi connectivity index (χ0) is 17.1. The molecule has 1 saturated heterocycles. The number of nitrogen functional groups attached to an aromatic ring is 1. The maximum atomic E-state index is 13.7. The predicted octanol–water partition coefficient (Wildman–Crippen LogP) is 2.76. The summed E-state index contributed by atoms with van der Waals surface area (Å²) in [7, 11) is 0. The molecule has 1 aliphatic rings. The number of halogens is 1. The predicted molar refractivity (Wildman–Crippen MR) is 87.6 cm³/mol. The molecule has 2 N–H and O–H groups in total. The number of nitrogens with zero attached hydrogens (tertiary/aromatic N) is 3. The summed E-state index contributed by atoms with van der Waals surface area (Å²) in [5.74, 6) is -0.573. The van der Waals surface area contributed by atoms with E-state index >= 15 is 0 Å². The van der Waals surface area contributed by atoms with Gasteiger partial charge < -0.3 is 15.4 Å². The van der Waals surface area contributed by atoms with Gasteiger partial charge in [0.2, 0.25) is 0 Å². The van der Waals surface area contributed by atoms with Crippen molar-refractivity contribution in [3.63, 3.8) is 0 Å². The molecule has 3 rings (SSSR count). The molecule has 1 aliphatic heterocycles. The van der Waals surface area contributed by atoms with Gasteiger partial charge in [-0.1, -0.05) is 0 Å². The van der Waals surface area contributed by atoms with E-state index in [-0.39, 0.29) is 17.7 Å². The molecule has 1 aromatic carbocycles. The van der Waals surface area contributed by atoms with Gasteiger partial charge in [-0.2, -0.15) is 0 Å². The van der Waals surface area contributed by atoms with E-state index in [1.807, 2.05) is 4.90 Å². The Morgan fingerprint density at radius 3 is 3.00 bits per heavy atom. The lowest BCUT2D eigenvalue weighted by atomic mass is 10.1. The van der Waals surface area contributed by atoms with E-state index in [4.69, 9.17) is 10.5 Å². The number of pyridine rings is 1. The Balaban J connectivity index is 1.80. The lowest BCUT2D eigenvalue weighted by molar-refractivity contribution is -0.384. The summed E-state index contributed by atoms with van der Waals surface area (Å²) in [5.41, 5.74) is 6.67. The van der Waals surface area contributed by atoms with Crippen LogP contribution in [-0.2, 0) is 0 Å². The third-order valence-electron chi connectivity index (χ3n) is 3.92. The van der Waals surface area contributed by atoms with Gasteiger partial charge in [0.05, 0.1) is 11.5 Å². The Bertz CT molecular complexity index is 756. The largest absolute Gasteiger partial charge is 0.470 e. The lowest BCUT2D eigenvalue weighted by Crippen LogP contribution is -2.41. The first-order valence-electron chi connectivity index (χ1n) is 7.60. The number of piperidine rings is 1. The average Bonchev–Trinajstić information content (AvgIpc) is 2.57. The Hall–Kier alpha value is -2.90. The molecular formula is C16H17FN4O3. The van der Waals surface area contributed by atoms with E-state index in [0.717, 1.165) is 12.8 Å². The molecule has 2 heterocycles. The molecule has 1 atom stereocenters. The highest BCUT2D eigenvalue weighted by Crippen LogP contribution is 2.32. The summed E-state index contributed by atoms with van der Waals surface area (Å²) in [6.45, 7) is 1.05. The van der Waals surface area contributed by atoms with Crippen molar-refractivity contribution in [1.29, 1.82) is 0 Å². The topological polar surface area (TPSA) is 94.5 Å². The lowest BCUT2D eigenvalue weighted by Gasteiger charge is -2.34. The van der Waals surface area contributed by atoms with Crippen molar-refractivity contribution in [3.05, 3.63) is 52.5 Å². The number of benzene rings is 1. The van der Waals surface area contributed by atoms with Crippen molar-refractivity contribution in [2.24, 2.45) is 0 Å². The minimum absolute atomic E-state index is 0.00568. The van der Waals surface area contributed by atoms with E-state index < -0.39 is 10.7 Å². The number of nitrogens with two attached hydrogens (primary N) is 1. The molecule has 24 heavy (non-hydrogen) atoms. The standard InChI is InChI=1S/C16H17FN4O3/c17-13-4-1-7-19-16(13)24-12-3-2-8-20(10-12)15-9-11(18)5-6-14(15)21(22)23/h1,4-7,9,12H,2-3,8,10,18H2/t12-/m0/s1. The van der Waals surface area contributed by atoms with Crippen LogP contribution in [0.3, 0.4) is 0 Å². The van der Waals surface area contributed by atoms with E-state index in [1.54, 1.807) is 6.07 Å². The first-order valence-corrected chi connectivity index (χ1v) is 7.60. The normalized spacial score (nSPS) is 17.5. The van der Waals surface area contributed by atoms with Crippen molar-refractivity contribution >= 4 is 17.1 Å². The second kappa shape index (κ2) is 6.69. The molecule has 0 spiro atoms. The third-order valence-corrected chi connectivity index (χ3v) is 3.92. The zero-order valence-electron chi connectivity index (χ0n) is 12.9. The minimum Gasteiger partial charge on any atom is -0.470 e. The van der Waals surface area contributed by atoms with Crippen molar-refractivity contribution in [1.82, 2.24) is 4.98 Å². The second-order valence-electron chi connectivity index (χ2n) is 5.62. The number of hydrogen-bond acceptors (Lipinski definition) is 6. The van der Waals surface area contributed by atoms with Crippen molar-refractivity contribution < 1.29 is 14.1 Å². The van der Waals surface area contributed by atoms with Gasteiger partial charge in [0.25, 0.3) is 11.6 Å². The molecule has 2 aromatic rings. The first-order chi connectivity index (χ1) is 11.5.